The second-order valence-corrected chi connectivity index (χ2v) is 6.35. The van der Waals surface area contributed by atoms with Gasteiger partial charge in [-0.25, -0.2) is 14.8 Å². The summed E-state index contributed by atoms with van der Waals surface area (Å²) in [5.41, 5.74) is 0.613. The second-order valence-electron chi connectivity index (χ2n) is 6.35. The summed E-state index contributed by atoms with van der Waals surface area (Å²) in [7, 11) is 0. The molecule has 5 nitrogen and oxygen atoms in total. The van der Waals surface area contributed by atoms with Crippen LogP contribution in [0, 0.1) is 11.8 Å². The molecule has 116 valence electrons. The van der Waals surface area contributed by atoms with Crippen molar-refractivity contribution in [2.24, 2.45) is 11.8 Å². The number of hydrogen-bond acceptors (Lipinski definition) is 4. The first-order valence-electron chi connectivity index (χ1n) is 7.83. The second kappa shape index (κ2) is 6.87. The Labute approximate surface area is 126 Å². The molecule has 0 radical (unpaired) electrons. The Kier molecular flexibility index (Phi) is 5.15. The van der Waals surface area contributed by atoms with E-state index in [4.69, 9.17) is 0 Å². The van der Waals surface area contributed by atoms with Gasteiger partial charge in [-0.2, -0.15) is 0 Å². The van der Waals surface area contributed by atoms with E-state index < -0.39 is 5.97 Å². The van der Waals surface area contributed by atoms with Crippen LogP contribution in [0.4, 0.5) is 5.69 Å². The van der Waals surface area contributed by atoms with Gasteiger partial charge in [-0.3, -0.25) is 0 Å². The predicted octanol–water partition coefficient (Wildman–Crippen LogP) is 3.54. The fourth-order valence-electron chi connectivity index (χ4n) is 2.90. The lowest BCUT2D eigenvalue weighted by Gasteiger charge is -2.29. The quantitative estimate of drug-likeness (QED) is 0.868. The summed E-state index contributed by atoms with van der Waals surface area (Å²) >= 11 is 0. The zero-order valence-electron chi connectivity index (χ0n) is 13.1. The molecule has 0 spiro atoms. The first-order chi connectivity index (χ1) is 9.99. The van der Waals surface area contributed by atoms with E-state index >= 15 is 0 Å². The lowest BCUT2D eigenvalue weighted by molar-refractivity contribution is 0.0691. The fraction of sp³-hybridized carbons (Fsp3) is 0.688. The van der Waals surface area contributed by atoms with Crippen LogP contribution in [-0.2, 0) is 0 Å². The van der Waals surface area contributed by atoms with E-state index in [1.165, 1.54) is 25.7 Å². The van der Waals surface area contributed by atoms with Crippen molar-refractivity contribution < 1.29 is 9.90 Å². The number of carbonyl (C=O) groups is 1. The van der Waals surface area contributed by atoms with E-state index in [0.29, 0.717) is 23.3 Å². The molecule has 1 aromatic rings. The maximum atomic E-state index is 11.4. The van der Waals surface area contributed by atoms with E-state index in [-0.39, 0.29) is 11.6 Å². The van der Waals surface area contributed by atoms with Gasteiger partial charge in [0.05, 0.1) is 11.9 Å². The van der Waals surface area contributed by atoms with E-state index in [2.05, 4.69) is 22.2 Å². The number of nitrogens with zero attached hydrogens (tertiary/aromatic N) is 2. The lowest BCUT2D eigenvalue weighted by atomic mass is 9.80. The van der Waals surface area contributed by atoms with Gasteiger partial charge < -0.3 is 10.4 Å². The number of anilines is 1. The minimum atomic E-state index is -1.00. The van der Waals surface area contributed by atoms with Crippen molar-refractivity contribution in [2.75, 3.05) is 11.9 Å². The van der Waals surface area contributed by atoms with Crippen LogP contribution in [0.15, 0.2) is 6.20 Å². The number of carboxylic acid groups (broad SMARTS) is 1. The van der Waals surface area contributed by atoms with Gasteiger partial charge in [-0.15, -0.1) is 0 Å². The molecular weight excluding hydrogens is 266 g/mol. The van der Waals surface area contributed by atoms with Crippen LogP contribution in [0.2, 0.25) is 0 Å². The molecular formula is C16H25N3O2. The van der Waals surface area contributed by atoms with Crippen LogP contribution in [-0.4, -0.2) is 27.6 Å². The molecule has 1 aliphatic carbocycles. The Bertz CT molecular complexity index is 502. The number of rotatable bonds is 5. The van der Waals surface area contributed by atoms with Gasteiger partial charge in [0.2, 0.25) is 0 Å². The molecule has 0 bridgehead atoms. The highest BCUT2D eigenvalue weighted by molar-refractivity contribution is 5.91. The smallest absolute Gasteiger partial charge is 0.356 e. The lowest BCUT2D eigenvalue weighted by Crippen LogP contribution is -2.25. The number of aromatic nitrogens is 2. The van der Waals surface area contributed by atoms with Crippen molar-refractivity contribution in [1.82, 2.24) is 9.97 Å². The number of aromatic carboxylic acids is 1. The highest BCUT2D eigenvalue weighted by Gasteiger charge is 2.22. The maximum Gasteiger partial charge on any atom is 0.356 e. The fourth-order valence-corrected chi connectivity index (χ4v) is 2.90. The predicted molar refractivity (Wildman–Crippen MR) is 82.7 cm³/mol. The van der Waals surface area contributed by atoms with Gasteiger partial charge in [0.1, 0.15) is 5.82 Å². The maximum absolute atomic E-state index is 11.4. The van der Waals surface area contributed by atoms with Crippen molar-refractivity contribution in [3.8, 4) is 0 Å². The molecule has 1 aromatic heterocycles. The number of hydrogen-bond donors (Lipinski definition) is 2. The minimum Gasteiger partial charge on any atom is -0.476 e. The molecule has 2 rings (SSSR count). The monoisotopic (exact) mass is 291 g/mol. The summed E-state index contributed by atoms with van der Waals surface area (Å²) in [5.74, 6) is 0.985. The van der Waals surface area contributed by atoms with Crippen LogP contribution < -0.4 is 5.32 Å². The molecule has 2 atom stereocenters. The third-order valence-corrected chi connectivity index (χ3v) is 4.37. The van der Waals surface area contributed by atoms with Crippen LogP contribution >= 0.6 is 0 Å². The highest BCUT2D eigenvalue weighted by Crippen LogP contribution is 2.30. The summed E-state index contributed by atoms with van der Waals surface area (Å²) in [6.45, 7) is 6.99. The third-order valence-electron chi connectivity index (χ3n) is 4.37. The molecule has 1 fully saturated rings. The highest BCUT2D eigenvalue weighted by atomic mass is 16.4. The summed E-state index contributed by atoms with van der Waals surface area (Å²) in [6.07, 6.45) is 6.66. The Balaban J connectivity index is 2.10. The number of carboxylic acids is 1. The van der Waals surface area contributed by atoms with E-state index in [1.807, 2.05) is 13.8 Å². The van der Waals surface area contributed by atoms with Gasteiger partial charge >= 0.3 is 5.97 Å². The Morgan fingerprint density at radius 3 is 2.76 bits per heavy atom. The van der Waals surface area contributed by atoms with E-state index in [1.54, 1.807) is 6.20 Å². The minimum absolute atomic E-state index is 0.0807. The molecule has 1 heterocycles. The molecule has 0 amide bonds. The zero-order chi connectivity index (χ0) is 15.4. The van der Waals surface area contributed by atoms with Crippen molar-refractivity contribution in [3.63, 3.8) is 0 Å². The first-order valence-corrected chi connectivity index (χ1v) is 7.83. The molecule has 0 aliphatic heterocycles. The SMILES string of the molecule is CC(C)c1ncc(NCC2CCCCC2C)c(C(=O)O)n1. The van der Waals surface area contributed by atoms with Gasteiger partial charge in [-0.05, 0) is 18.3 Å². The van der Waals surface area contributed by atoms with Crippen LogP contribution in [0.5, 0.6) is 0 Å². The average molecular weight is 291 g/mol. The van der Waals surface area contributed by atoms with E-state index in [9.17, 15) is 9.90 Å². The number of nitrogens with one attached hydrogen (secondary N) is 1. The van der Waals surface area contributed by atoms with Crippen LogP contribution in [0.25, 0.3) is 0 Å². The van der Waals surface area contributed by atoms with Gasteiger partial charge in [0, 0.05) is 12.5 Å². The van der Waals surface area contributed by atoms with Crippen LogP contribution in [0.1, 0.15) is 68.7 Å². The summed E-state index contributed by atoms with van der Waals surface area (Å²) in [4.78, 5) is 19.8. The van der Waals surface area contributed by atoms with Gasteiger partial charge in [-0.1, -0.05) is 40.0 Å². The summed E-state index contributed by atoms with van der Waals surface area (Å²) in [5, 5.41) is 12.6. The molecule has 0 aromatic carbocycles. The molecule has 21 heavy (non-hydrogen) atoms. The largest absolute Gasteiger partial charge is 0.476 e. The van der Waals surface area contributed by atoms with Crippen molar-refractivity contribution in [2.45, 2.75) is 52.4 Å². The first kappa shape index (κ1) is 15.7. The Morgan fingerprint density at radius 2 is 2.14 bits per heavy atom. The van der Waals surface area contributed by atoms with Crippen molar-refractivity contribution in [1.29, 1.82) is 0 Å². The molecule has 2 N–H and O–H groups in total. The average Bonchev–Trinajstić information content (AvgIpc) is 2.46. The topological polar surface area (TPSA) is 75.1 Å². The normalized spacial score (nSPS) is 22.3. The summed E-state index contributed by atoms with van der Waals surface area (Å²) < 4.78 is 0. The van der Waals surface area contributed by atoms with E-state index in [0.717, 1.165) is 6.54 Å². The van der Waals surface area contributed by atoms with Crippen LogP contribution in [0.3, 0.4) is 0 Å². The Morgan fingerprint density at radius 1 is 1.43 bits per heavy atom. The molecule has 5 heteroatoms. The van der Waals surface area contributed by atoms with Crippen molar-refractivity contribution >= 4 is 11.7 Å². The molecule has 2 unspecified atom stereocenters. The van der Waals surface area contributed by atoms with Gasteiger partial charge in [0.25, 0.3) is 0 Å². The molecule has 1 aliphatic rings. The van der Waals surface area contributed by atoms with Crippen molar-refractivity contribution in [3.05, 3.63) is 17.7 Å². The zero-order valence-corrected chi connectivity index (χ0v) is 13.1. The Hall–Kier alpha value is -1.65. The standard InChI is InChI=1S/C16H25N3O2/c1-10(2)15-18-9-13(14(19-15)16(20)21)17-8-12-7-5-4-6-11(12)3/h9-12,17H,4-8H2,1-3H3,(H,20,21). The molecule has 1 saturated carbocycles. The summed E-state index contributed by atoms with van der Waals surface area (Å²) in [6, 6.07) is 0. The molecule has 0 saturated heterocycles. The third kappa shape index (κ3) is 3.93. The van der Waals surface area contributed by atoms with Gasteiger partial charge in [0.15, 0.2) is 5.69 Å².